The van der Waals surface area contributed by atoms with E-state index in [1.165, 1.54) is 10.9 Å². The van der Waals surface area contributed by atoms with Crippen LogP contribution in [0.25, 0.3) is 11.0 Å². The summed E-state index contributed by atoms with van der Waals surface area (Å²) in [5.41, 5.74) is 4.31. The highest BCUT2D eigenvalue weighted by Crippen LogP contribution is 2.25. The summed E-state index contributed by atoms with van der Waals surface area (Å²) in [5.74, 6) is 0.576. The van der Waals surface area contributed by atoms with Gasteiger partial charge in [-0.05, 0) is 86.5 Å². The maximum atomic E-state index is 12.9. The van der Waals surface area contributed by atoms with Crippen molar-refractivity contribution < 1.29 is 12.8 Å². The number of nitrogens with zero attached hydrogens (tertiary/aromatic N) is 1. The smallest absolute Gasteiger partial charge is 0.240 e. The number of sulfonamides is 1. The van der Waals surface area contributed by atoms with Gasteiger partial charge in [-0.1, -0.05) is 30.3 Å². The van der Waals surface area contributed by atoms with Crippen LogP contribution in [0.1, 0.15) is 36.0 Å². The van der Waals surface area contributed by atoms with Gasteiger partial charge in [0.1, 0.15) is 5.58 Å². The summed E-state index contributed by atoms with van der Waals surface area (Å²) in [7, 11) is -3.46. The third kappa shape index (κ3) is 5.17. The van der Waals surface area contributed by atoms with Crippen LogP contribution in [-0.4, -0.2) is 46.0 Å². The number of rotatable bonds is 8. The molecule has 176 valence electrons. The average molecular weight is 468 g/mol. The molecule has 0 saturated carbocycles. The molecule has 0 unspecified atom stereocenters. The van der Waals surface area contributed by atoms with Crippen LogP contribution < -0.4 is 10.0 Å². The van der Waals surface area contributed by atoms with Gasteiger partial charge >= 0.3 is 0 Å². The van der Waals surface area contributed by atoms with Gasteiger partial charge in [-0.2, -0.15) is 0 Å². The van der Waals surface area contributed by atoms with Gasteiger partial charge in [0, 0.05) is 25.0 Å². The normalized spacial score (nSPS) is 17.9. The number of fused-ring (bicyclic) bond motifs is 2. The van der Waals surface area contributed by atoms with E-state index in [0.717, 1.165) is 81.5 Å². The lowest BCUT2D eigenvalue weighted by atomic mass is 9.93. The molecule has 2 aliphatic heterocycles. The van der Waals surface area contributed by atoms with Crippen LogP contribution in [0, 0.1) is 5.92 Å². The van der Waals surface area contributed by atoms with E-state index in [1.807, 2.05) is 30.5 Å². The lowest BCUT2D eigenvalue weighted by Crippen LogP contribution is -2.36. The first-order chi connectivity index (χ1) is 16.1. The van der Waals surface area contributed by atoms with Crippen molar-refractivity contribution in [2.24, 2.45) is 5.92 Å². The molecular formula is C26H33N3O3S. The minimum atomic E-state index is -3.46. The summed E-state index contributed by atoms with van der Waals surface area (Å²) in [5, 5.41) is 4.53. The van der Waals surface area contributed by atoms with E-state index in [2.05, 4.69) is 27.1 Å². The zero-order valence-corrected chi connectivity index (χ0v) is 19.9. The molecule has 3 heterocycles. The number of benzene rings is 2. The van der Waals surface area contributed by atoms with Crippen LogP contribution >= 0.6 is 0 Å². The van der Waals surface area contributed by atoms with Crippen molar-refractivity contribution in [1.29, 1.82) is 0 Å². The molecule has 1 saturated heterocycles. The largest absolute Gasteiger partial charge is 0.464 e. The average Bonchev–Trinajstić information content (AvgIpc) is 3.26. The van der Waals surface area contributed by atoms with Crippen LogP contribution in [0.5, 0.6) is 0 Å². The zero-order valence-electron chi connectivity index (χ0n) is 19.1. The van der Waals surface area contributed by atoms with E-state index < -0.39 is 10.0 Å². The van der Waals surface area contributed by atoms with Crippen LogP contribution in [0.3, 0.4) is 0 Å². The third-order valence-corrected chi connectivity index (χ3v) is 8.74. The number of likely N-dealkylation sites (tertiary alicyclic amines) is 1. The molecule has 7 heteroatoms. The van der Waals surface area contributed by atoms with Crippen molar-refractivity contribution in [2.45, 2.75) is 43.5 Å². The monoisotopic (exact) mass is 467 g/mol. The zero-order chi connectivity index (χ0) is 22.7. The Labute approximate surface area is 196 Å². The lowest BCUT2D eigenvalue weighted by molar-refractivity contribution is 0.181. The van der Waals surface area contributed by atoms with Crippen molar-refractivity contribution in [3.63, 3.8) is 0 Å². The van der Waals surface area contributed by atoms with E-state index in [1.54, 1.807) is 6.07 Å². The van der Waals surface area contributed by atoms with Crippen molar-refractivity contribution in [3.05, 3.63) is 65.4 Å². The minimum Gasteiger partial charge on any atom is -0.464 e. The Kier molecular flexibility index (Phi) is 6.83. The third-order valence-electron chi connectivity index (χ3n) is 7.20. The van der Waals surface area contributed by atoms with Gasteiger partial charge in [-0.3, -0.25) is 0 Å². The molecule has 6 nitrogen and oxygen atoms in total. The topological polar surface area (TPSA) is 74.6 Å². The Morgan fingerprint density at radius 2 is 1.94 bits per heavy atom. The Morgan fingerprint density at radius 3 is 2.82 bits per heavy atom. The second kappa shape index (κ2) is 9.97. The molecule has 0 radical (unpaired) electrons. The minimum absolute atomic E-state index is 0.461. The summed E-state index contributed by atoms with van der Waals surface area (Å²) >= 11 is 0. The Balaban J connectivity index is 1.08. The molecule has 0 aliphatic carbocycles. The van der Waals surface area contributed by atoms with E-state index in [-0.39, 0.29) is 0 Å². The van der Waals surface area contributed by atoms with Crippen molar-refractivity contribution in [3.8, 4) is 0 Å². The molecule has 33 heavy (non-hydrogen) atoms. The fraction of sp³-hybridized carbons (Fsp3) is 0.462. The van der Waals surface area contributed by atoms with Gasteiger partial charge < -0.3 is 14.6 Å². The van der Waals surface area contributed by atoms with Gasteiger partial charge in [0.2, 0.25) is 10.0 Å². The summed E-state index contributed by atoms with van der Waals surface area (Å²) in [6.45, 7) is 5.27. The quantitative estimate of drug-likeness (QED) is 0.528. The van der Waals surface area contributed by atoms with E-state index in [0.29, 0.717) is 17.4 Å². The molecule has 0 atom stereocenters. The maximum absolute atomic E-state index is 12.9. The van der Waals surface area contributed by atoms with Crippen LogP contribution in [0.15, 0.2) is 58.0 Å². The molecule has 2 aliphatic rings. The maximum Gasteiger partial charge on any atom is 0.240 e. The molecule has 1 aromatic heterocycles. The first-order valence-corrected chi connectivity index (χ1v) is 13.6. The number of para-hydroxylation sites is 1. The SMILES string of the molecule is O=S(=O)(NCCC1CCN(CCc2coc3ccccc23)CC1)c1cccc2c1CCNC2. The Hall–Kier alpha value is -2.19. The molecule has 5 rings (SSSR count). The molecule has 2 N–H and O–H groups in total. The van der Waals surface area contributed by atoms with Crippen molar-refractivity contribution >= 4 is 21.0 Å². The summed E-state index contributed by atoms with van der Waals surface area (Å²) in [6, 6.07) is 13.8. The predicted molar refractivity (Wildman–Crippen MR) is 131 cm³/mol. The van der Waals surface area contributed by atoms with Crippen molar-refractivity contribution in [1.82, 2.24) is 14.9 Å². The van der Waals surface area contributed by atoms with Crippen LogP contribution in [0.2, 0.25) is 0 Å². The Bertz CT molecular complexity index is 1200. The van der Waals surface area contributed by atoms with Gasteiger partial charge in [-0.25, -0.2) is 13.1 Å². The molecule has 0 amide bonds. The predicted octanol–water partition coefficient (Wildman–Crippen LogP) is 3.70. The fourth-order valence-corrected chi connectivity index (χ4v) is 6.58. The lowest BCUT2D eigenvalue weighted by Gasteiger charge is -2.32. The van der Waals surface area contributed by atoms with Gasteiger partial charge in [0.05, 0.1) is 11.2 Å². The highest BCUT2D eigenvalue weighted by atomic mass is 32.2. The van der Waals surface area contributed by atoms with Gasteiger partial charge in [0.25, 0.3) is 0 Å². The van der Waals surface area contributed by atoms with Crippen molar-refractivity contribution in [2.75, 3.05) is 32.7 Å². The number of nitrogens with one attached hydrogen (secondary N) is 2. The molecule has 1 fully saturated rings. The summed E-state index contributed by atoms with van der Waals surface area (Å²) < 4.78 is 34.4. The number of hydrogen-bond donors (Lipinski definition) is 2. The van der Waals surface area contributed by atoms with E-state index >= 15 is 0 Å². The second-order valence-corrected chi connectivity index (χ2v) is 11.0. The molecule has 0 spiro atoms. The standard InChI is InChI=1S/C26H33N3O3S/c30-33(31,26-7-3-4-21-18-27-13-9-24(21)26)28-14-8-20-10-15-29(16-11-20)17-12-22-19-32-25-6-2-1-5-23(22)25/h1-7,19-20,27-28H,8-18H2. The number of furan rings is 1. The van der Waals surface area contributed by atoms with Gasteiger partial charge in [0.15, 0.2) is 0 Å². The summed E-state index contributed by atoms with van der Waals surface area (Å²) in [4.78, 5) is 2.98. The second-order valence-electron chi connectivity index (χ2n) is 9.30. The first-order valence-electron chi connectivity index (χ1n) is 12.1. The van der Waals surface area contributed by atoms with Gasteiger partial charge in [-0.15, -0.1) is 0 Å². The number of piperidine rings is 1. The number of hydrogen-bond acceptors (Lipinski definition) is 5. The molecule has 3 aromatic rings. The summed E-state index contributed by atoms with van der Waals surface area (Å²) in [6.07, 6.45) is 6.80. The van der Waals surface area contributed by atoms with E-state index in [9.17, 15) is 8.42 Å². The van der Waals surface area contributed by atoms with Crippen LogP contribution in [0.4, 0.5) is 0 Å². The van der Waals surface area contributed by atoms with Crippen LogP contribution in [-0.2, 0) is 29.4 Å². The highest BCUT2D eigenvalue weighted by Gasteiger charge is 2.23. The molecular weight excluding hydrogens is 434 g/mol. The Morgan fingerprint density at radius 1 is 1.09 bits per heavy atom. The molecule has 2 aromatic carbocycles. The fourth-order valence-electron chi connectivity index (χ4n) is 5.23. The van der Waals surface area contributed by atoms with E-state index in [4.69, 9.17) is 4.42 Å². The molecule has 0 bridgehead atoms. The first kappa shape index (κ1) is 22.6. The highest BCUT2D eigenvalue weighted by molar-refractivity contribution is 7.89.